The molecule has 0 saturated carbocycles. The topological polar surface area (TPSA) is 70.5 Å². The first-order valence-corrected chi connectivity index (χ1v) is 13.3. The van der Waals surface area contributed by atoms with Crippen LogP contribution in [0.25, 0.3) is 11.1 Å². The second-order valence-corrected chi connectivity index (χ2v) is 10.1. The molecule has 214 valence electrons. The van der Waals surface area contributed by atoms with Crippen LogP contribution < -0.4 is 15.0 Å². The molecular weight excluding hydrogens is 536 g/mol. The molecule has 2 N–H and O–H groups in total. The molecule has 0 aliphatic carbocycles. The van der Waals surface area contributed by atoms with Gasteiger partial charge in [-0.15, -0.1) is 0 Å². The van der Waals surface area contributed by atoms with E-state index in [2.05, 4.69) is 20.2 Å². The Morgan fingerprint density at radius 1 is 1.00 bits per heavy atom. The number of alkyl halides is 3. The van der Waals surface area contributed by atoms with Gasteiger partial charge in [0.2, 0.25) is 0 Å². The van der Waals surface area contributed by atoms with Gasteiger partial charge in [0.1, 0.15) is 42.6 Å². The number of halogens is 4. The maximum Gasteiger partial charge on any atom is 0.403 e. The lowest BCUT2D eigenvalue weighted by atomic mass is 10.00. The summed E-state index contributed by atoms with van der Waals surface area (Å²) in [6.07, 6.45) is -3.80. The zero-order valence-corrected chi connectivity index (χ0v) is 22.6. The summed E-state index contributed by atoms with van der Waals surface area (Å²) in [5, 5.41) is 12.4. The van der Waals surface area contributed by atoms with Crippen molar-refractivity contribution in [1.29, 1.82) is 0 Å². The molecule has 5 rings (SSSR count). The Morgan fingerprint density at radius 2 is 1.71 bits per heavy atom. The summed E-state index contributed by atoms with van der Waals surface area (Å²) in [7, 11) is 0. The Kier molecular flexibility index (Phi) is 8.23. The molecule has 0 bridgehead atoms. The standard InChI is InChI=1S/C31H30F4N4O2/c1-19-27(15-21-3-10-26(32)11-4-21)29(37-18-36-19)39-13-14-41-28-12-9-24(16-25(28)17-39)22-5-7-23(8-6-22)30(40)38-20(2)31(33,34)35/h3-12,16,18,20,30,38,40H,13-15,17H2,1-2H3. The molecule has 4 aromatic rings. The van der Waals surface area contributed by atoms with Gasteiger partial charge in [-0.2, -0.15) is 13.2 Å². The van der Waals surface area contributed by atoms with Gasteiger partial charge in [0.25, 0.3) is 0 Å². The van der Waals surface area contributed by atoms with Crippen LogP contribution >= 0.6 is 0 Å². The van der Waals surface area contributed by atoms with Crippen molar-refractivity contribution >= 4 is 5.82 Å². The Balaban J connectivity index is 1.37. The Hall–Kier alpha value is -4.02. The molecule has 1 aliphatic heterocycles. The first-order valence-electron chi connectivity index (χ1n) is 13.3. The summed E-state index contributed by atoms with van der Waals surface area (Å²) < 4.78 is 58.1. The number of hydrogen-bond acceptors (Lipinski definition) is 6. The summed E-state index contributed by atoms with van der Waals surface area (Å²) in [4.78, 5) is 11.2. The molecular formula is C31H30F4N4O2. The normalized spacial score (nSPS) is 15.0. The minimum Gasteiger partial charge on any atom is -0.491 e. The van der Waals surface area contributed by atoms with Crippen LogP contribution in [0.2, 0.25) is 0 Å². The second-order valence-electron chi connectivity index (χ2n) is 10.1. The van der Waals surface area contributed by atoms with Crippen molar-refractivity contribution in [2.75, 3.05) is 18.1 Å². The third-order valence-electron chi connectivity index (χ3n) is 7.23. The van der Waals surface area contributed by atoms with Crippen LogP contribution in [0, 0.1) is 12.7 Å². The van der Waals surface area contributed by atoms with Gasteiger partial charge in [-0.25, -0.2) is 14.4 Å². The zero-order valence-electron chi connectivity index (χ0n) is 22.6. The van der Waals surface area contributed by atoms with Gasteiger partial charge in [0.05, 0.1) is 6.54 Å². The molecule has 0 spiro atoms. The highest BCUT2D eigenvalue weighted by molar-refractivity contribution is 5.67. The highest BCUT2D eigenvalue weighted by atomic mass is 19.4. The van der Waals surface area contributed by atoms with E-state index in [-0.39, 0.29) is 5.82 Å². The van der Waals surface area contributed by atoms with Gasteiger partial charge in [-0.05, 0) is 60.4 Å². The van der Waals surface area contributed by atoms with Gasteiger partial charge < -0.3 is 14.7 Å². The van der Waals surface area contributed by atoms with E-state index >= 15 is 0 Å². The fourth-order valence-corrected chi connectivity index (χ4v) is 4.81. The number of ether oxygens (including phenoxy) is 1. The third kappa shape index (κ3) is 6.66. The van der Waals surface area contributed by atoms with E-state index in [1.165, 1.54) is 12.1 Å². The molecule has 0 amide bonds. The van der Waals surface area contributed by atoms with Crippen molar-refractivity contribution < 1.29 is 27.4 Å². The van der Waals surface area contributed by atoms with E-state index in [0.29, 0.717) is 31.7 Å². The number of hydrogen-bond donors (Lipinski definition) is 2. The summed E-state index contributed by atoms with van der Waals surface area (Å²) in [5.74, 6) is 1.27. The molecule has 0 radical (unpaired) electrons. The predicted molar refractivity (Wildman–Crippen MR) is 148 cm³/mol. The van der Waals surface area contributed by atoms with Gasteiger partial charge in [-0.1, -0.05) is 42.5 Å². The quantitative estimate of drug-likeness (QED) is 0.208. The predicted octanol–water partition coefficient (Wildman–Crippen LogP) is 6.11. The fraction of sp³-hybridized carbons (Fsp3) is 0.290. The van der Waals surface area contributed by atoms with Crippen LogP contribution in [0.4, 0.5) is 23.4 Å². The van der Waals surface area contributed by atoms with Crippen molar-refractivity contribution in [3.63, 3.8) is 0 Å². The number of nitrogens with one attached hydrogen (secondary N) is 1. The molecule has 2 heterocycles. The Labute approximate surface area is 235 Å². The van der Waals surface area contributed by atoms with Crippen molar-refractivity contribution in [1.82, 2.24) is 15.3 Å². The van der Waals surface area contributed by atoms with Crippen molar-refractivity contribution in [2.45, 2.75) is 45.3 Å². The first kappa shape index (κ1) is 28.5. The van der Waals surface area contributed by atoms with E-state index in [9.17, 15) is 22.7 Å². The molecule has 2 unspecified atom stereocenters. The first-order chi connectivity index (χ1) is 19.6. The maximum absolute atomic E-state index is 13.5. The lowest BCUT2D eigenvalue weighted by molar-refractivity contribution is -0.159. The van der Waals surface area contributed by atoms with Crippen molar-refractivity contribution in [3.05, 3.63) is 107 Å². The lowest BCUT2D eigenvalue weighted by Gasteiger charge is -2.24. The Morgan fingerprint density at radius 3 is 2.41 bits per heavy atom. The Bertz CT molecular complexity index is 1490. The van der Waals surface area contributed by atoms with Gasteiger partial charge in [0.15, 0.2) is 0 Å². The van der Waals surface area contributed by atoms with Gasteiger partial charge in [0, 0.05) is 29.8 Å². The van der Waals surface area contributed by atoms with E-state index in [1.54, 1.807) is 42.7 Å². The van der Waals surface area contributed by atoms with Crippen molar-refractivity contribution in [2.24, 2.45) is 0 Å². The van der Waals surface area contributed by atoms with Crippen LogP contribution in [0.5, 0.6) is 5.75 Å². The number of anilines is 1. The average molecular weight is 567 g/mol. The molecule has 0 saturated heterocycles. The molecule has 6 nitrogen and oxygen atoms in total. The SMILES string of the molecule is Cc1ncnc(N2CCOc3ccc(-c4ccc(C(O)NC(C)C(F)(F)F)cc4)cc3C2)c1Cc1ccc(F)cc1. The largest absolute Gasteiger partial charge is 0.491 e. The second kappa shape index (κ2) is 11.8. The molecule has 41 heavy (non-hydrogen) atoms. The zero-order chi connectivity index (χ0) is 29.1. The minimum absolute atomic E-state index is 0.286. The molecule has 10 heteroatoms. The number of aryl methyl sites for hydroxylation is 1. The van der Waals surface area contributed by atoms with Gasteiger partial charge >= 0.3 is 6.18 Å². The van der Waals surface area contributed by atoms with Gasteiger partial charge in [-0.3, -0.25) is 5.32 Å². The summed E-state index contributed by atoms with van der Waals surface area (Å²) in [6, 6.07) is 17.2. The number of nitrogens with zero attached hydrogens (tertiary/aromatic N) is 3. The van der Waals surface area contributed by atoms with Crippen LogP contribution in [-0.2, 0) is 13.0 Å². The third-order valence-corrected chi connectivity index (χ3v) is 7.23. The van der Waals surface area contributed by atoms with Crippen LogP contribution in [0.15, 0.2) is 73.1 Å². The van der Waals surface area contributed by atoms with E-state index in [4.69, 9.17) is 4.74 Å². The number of aliphatic hydroxyl groups is 1. The monoisotopic (exact) mass is 566 g/mol. The van der Waals surface area contributed by atoms with Crippen LogP contribution in [-0.4, -0.2) is 40.4 Å². The molecule has 1 aliphatic rings. The molecule has 2 atom stereocenters. The smallest absolute Gasteiger partial charge is 0.403 e. The summed E-state index contributed by atoms with van der Waals surface area (Å²) in [5.41, 5.74) is 5.79. The lowest BCUT2D eigenvalue weighted by Crippen LogP contribution is -2.41. The molecule has 1 aromatic heterocycles. The summed E-state index contributed by atoms with van der Waals surface area (Å²) >= 11 is 0. The summed E-state index contributed by atoms with van der Waals surface area (Å²) in [6.45, 7) is 4.50. The number of aliphatic hydroxyl groups excluding tert-OH is 1. The molecule has 3 aromatic carbocycles. The highest BCUT2D eigenvalue weighted by Crippen LogP contribution is 2.33. The number of rotatable bonds is 7. The fourth-order valence-electron chi connectivity index (χ4n) is 4.81. The van der Waals surface area contributed by atoms with Crippen LogP contribution in [0.3, 0.4) is 0 Å². The van der Waals surface area contributed by atoms with Crippen LogP contribution in [0.1, 0.15) is 41.1 Å². The minimum atomic E-state index is -4.45. The number of benzene rings is 3. The number of aromatic nitrogens is 2. The van der Waals surface area contributed by atoms with E-state index in [1.807, 2.05) is 25.1 Å². The van der Waals surface area contributed by atoms with E-state index in [0.717, 1.165) is 52.0 Å². The van der Waals surface area contributed by atoms with Crippen molar-refractivity contribution in [3.8, 4) is 16.9 Å². The average Bonchev–Trinajstić information content (AvgIpc) is 3.17. The molecule has 0 fully saturated rings. The number of fused-ring (bicyclic) bond motifs is 1. The van der Waals surface area contributed by atoms with E-state index < -0.39 is 18.4 Å². The highest BCUT2D eigenvalue weighted by Gasteiger charge is 2.37. The maximum atomic E-state index is 13.5.